The van der Waals surface area contributed by atoms with Crippen molar-refractivity contribution in [3.05, 3.63) is 108 Å². The van der Waals surface area contributed by atoms with E-state index in [1.54, 1.807) is 0 Å². The van der Waals surface area contributed by atoms with Crippen LogP contribution in [0.2, 0.25) is 0 Å². The van der Waals surface area contributed by atoms with Crippen LogP contribution in [-0.2, 0) is 0 Å². The third-order valence-corrected chi connectivity index (χ3v) is 3.38. The standard InChI is InChI=1S/2C12H14.2C3H8/c2*1-10(2)9-11(3)12-7-5-4-6-8-12;2*1-3-2/h2*4-9H,1H2,2-3H3;2*3H2,1-2H3/b2*11-9+;;. The van der Waals surface area contributed by atoms with Gasteiger partial charge in [-0.25, -0.2) is 0 Å². The molecule has 2 aromatic rings. The van der Waals surface area contributed by atoms with Crippen molar-refractivity contribution in [2.24, 2.45) is 0 Å². The minimum absolute atomic E-state index is 1.09. The van der Waals surface area contributed by atoms with Gasteiger partial charge in [0.05, 0.1) is 0 Å². The molecular weight excluding hydrogens is 360 g/mol. The van der Waals surface area contributed by atoms with Crippen LogP contribution < -0.4 is 0 Å². The van der Waals surface area contributed by atoms with E-state index in [9.17, 15) is 0 Å². The molecular formula is C30H44. The lowest BCUT2D eigenvalue weighted by atomic mass is 10.1. The molecule has 0 saturated heterocycles. The highest BCUT2D eigenvalue weighted by molar-refractivity contribution is 5.66. The molecule has 0 nitrogen and oxygen atoms in total. The first-order chi connectivity index (χ1) is 14.2. The minimum atomic E-state index is 1.09. The first-order valence-corrected chi connectivity index (χ1v) is 11.0. The van der Waals surface area contributed by atoms with Gasteiger partial charge in [0.2, 0.25) is 0 Å². The molecule has 0 unspecified atom stereocenters. The first kappa shape index (κ1) is 29.6. The van der Waals surface area contributed by atoms with Crippen LogP contribution >= 0.6 is 0 Å². The van der Waals surface area contributed by atoms with Gasteiger partial charge in [-0.1, -0.05) is 138 Å². The third kappa shape index (κ3) is 17.5. The lowest BCUT2D eigenvalue weighted by Crippen LogP contribution is -1.77. The van der Waals surface area contributed by atoms with Crippen LogP contribution in [-0.4, -0.2) is 0 Å². The maximum Gasteiger partial charge on any atom is -0.0227 e. The lowest BCUT2D eigenvalue weighted by molar-refractivity contribution is 1.09. The fraction of sp³-hybridized carbons (Fsp3) is 0.333. The molecule has 2 aromatic carbocycles. The van der Waals surface area contributed by atoms with E-state index >= 15 is 0 Å². The molecule has 0 N–H and O–H groups in total. The topological polar surface area (TPSA) is 0 Å². The van der Waals surface area contributed by atoms with E-state index in [2.05, 4.69) is 91.1 Å². The van der Waals surface area contributed by atoms with Crippen molar-refractivity contribution in [3.8, 4) is 0 Å². The predicted molar refractivity (Wildman–Crippen MR) is 142 cm³/mol. The summed E-state index contributed by atoms with van der Waals surface area (Å²) in [6.45, 7) is 24.4. The van der Waals surface area contributed by atoms with E-state index in [4.69, 9.17) is 0 Å². The smallest absolute Gasteiger partial charge is 0.0227 e. The van der Waals surface area contributed by atoms with Crippen LogP contribution in [0.5, 0.6) is 0 Å². The monoisotopic (exact) mass is 404 g/mol. The van der Waals surface area contributed by atoms with Gasteiger partial charge in [-0.3, -0.25) is 0 Å². The van der Waals surface area contributed by atoms with Crippen molar-refractivity contribution >= 4 is 11.1 Å². The largest absolute Gasteiger partial charge is 0.0961 e. The molecule has 0 aliphatic heterocycles. The second-order valence-electron chi connectivity index (χ2n) is 7.49. The van der Waals surface area contributed by atoms with Crippen molar-refractivity contribution in [1.29, 1.82) is 0 Å². The zero-order valence-electron chi connectivity index (χ0n) is 20.8. The Morgan fingerprint density at radius 1 is 0.567 bits per heavy atom. The molecule has 0 bridgehead atoms. The van der Waals surface area contributed by atoms with Gasteiger partial charge < -0.3 is 0 Å². The fourth-order valence-electron chi connectivity index (χ4n) is 2.31. The van der Waals surface area contributed by atoms with Gasteiger partial charge in [-0.05, 0) is 50.0 Å². The Balaban J connectivity index is 0. The molecule has 0 atom stereocenters. The Morgan fingerprint density at radius 2 is 0.800 bits per heavy atom. The molecule has 0 fully saturated rings. The molecule has 0 radical (unpaired) electrons. The van der Waals surface area contributed by atoms with Gasteiger partial charge in [0, 0.05) is 0 Å². The van der Waals surface area contributed by atoms with E-state index in [-0.39, 0.29) is 0 Å². The van der Waals surface area contributed by atoms with E-state index < -0.39 is 0 Å². The van der Waals surface area contributed by atoms with Gasteiger partial charge in [0.1, 0.15) is 0 Å². The van der Waals surface area contributed by atoms with Crippen molar-refractivity contribution in [3.63, 3.8) is 0 Å². The number of benzene rings is 2. The average molecular weight is 405 g/mol. The van der Waals surface area contributed by atoms with Gasteiger partial charge >= 0.3 is 0 Å². The molecule has 30 heavy (non-hydrogen) atoms. The number of hydrogen-bond acceptors (Lipinski definition) is 0. The zero-order chi connectivity index (χ0) is 23.4. The van der Waals surface area contributed by atoms with Gasteiger partial charge in [0.15, 0.2) is 0 Å². The molecule has 0 amide bonds. The second-order valence-corrected chi connectivity index (χ2v) is 7.49. The van der Waals surface area contributed by atoms with Crippen LogP contribution in [0.1, 0.15) is 79.4 Å². The molecule has 0 aliphatic rings. The van der Waals surface area contributed by atoms with Gasteiger partial charge in [-0.15, -0.1) is 0 Å². The van der Waals surface area contributed by atoms with Crippen LogP contribution in [0.25, 0.3) is 11.1 Å². The summed E-state index contributed by atoms with van der Waals surface area (Å²) in [4.78, 5) is 0. The molecule has 164 valence electrons. The molecule has 0 aliphatic carbocycles. The predicted octanol–water partition coefficient (Wildman–Crippen LogP) is 10.2. The third-order valence-electron chi connectivity index (χ3n) is 3.38. The summed E-state index contributed by atoms with van der Waals surface area (Å²) in [5.74, 6) is 0. The zero-order valence-corrected chi connectivity index (χ0v) is 20.8. The molecule has 0 aromatic heterocycles. The summed E-state index contributed by atoms with van der Waals surface area (Å²) in [5.41, 5.74) is 7.25. The van der Waals surface area contributed by atoms with Crippen LogP contribution in [0, 0.1) is 0 Å². The van der Waals surface area contributed by atoms with E-state index in [0.717, 1.165) is 11.1 Å². The Bertz CT molecular complexity index is 676. The van der Waals surface area contributed by atoms with Crippen LogP contribution in [0.4, 0.5) is 0 Å². The molecule has 2 rings (SSSR count). The number of hydrogen-bond donors (Lipinski definition) is 0. The van der Waals surface area contributed by atoms with Crippen LogP contribution in [0.15, 0.2) is 97.1 Å². The van der Waals surface area contributed by atoms with Crippen LogP contribution in [0.3, 0.4) is 0 Å². The quantitative estimate of drug-likeness (QED) is 0.444. The Labute approximate surface area is 187 Å². The maximum absolute atomic E-state index is 3.84. The average Bonchev–Trinajstić information content (AvgIpc) is 2.70. The summed E-state index contributed by atoms with van der Waals surface area (Å²) in [6, 6.07) is 20.7. The normalized spacial score (nSPS) is 10.3. The van der Waals surface area contributed by atoms with E-state index in [1.165, 1.54) is 35.1 Å². The van der Waals surface area contributed by atoms with Crippen molar-refractivity contribution < 1.29 is 0 Å². The Kier molecular flexibility index (Phi) is 19.4. The summed E-state index contributed by atoms with van der Waals surface area (Å²) in [5, 5.41) is 0. The molecule has 0 heteroatoms. The molecule has 0 spiro atoms. The van der Waals surface area contributed by atoms with Crippen molar-refractivity contribution in [2.45, 2.75) is 68.2 Å². The maximum atomic E-state index is 3.84. The Hall–Kier alpha value is -2.60. The van der Waals surface area contributed by atoms with Crippen molar-refractivity contribution in [1.82, 2.24) is 0 Å². The van der Waals surface area contributed by atoms with Crippen molar-refractivity contribution in [2.75, 3.05) is 0 Å². The van der Waals surface area contributed by atoms with E-state index in [0.29, 0.717) is 0 Å². The first-order valence-electron chi connectivity index (χ1n) is 11.0. The van der Waals surface area contributed by atoms with E-state index in [1.807, 2.05) is 50.2 Å². The summed E-state index contributed by atoms with van der Waals surface area (Å²) in [6.07, 6.45) is 6.69. The molecule has 0 heterocycles. The fourth-order valence-corrected chi connectivity index (χ4v) is 2.31. The number of allylic oxidation sites excluding steroid dienone is 6. The second kappa shape index (κ2) is 19.7. The summed E-state index contributed by atoms with van der Waals surface area (Å²) >= 11 is 0. The highest BCUT2D eigenvalue weighted by Gasteiger charge is 1.92. The Morgan fingerprint density at radius 3 is 1.00 bits per heavy atom. The van der Waals surface area contributed by atoms with Gasteiger partial charge in [0.25, 0.3) is 0 Å². The minimum Gasteiger partial charge on any atom is -0.0961 e. The summed E-state index contributed by atoms with van der Waals surface area (Å²) < 4.78 is 0. The summed E-state index contributed by atoms with van der Waals surface area (Å²) in [7, 11) is 0. The highest BCUT2D eigenvalue weighted by Crippen LogP contribution is 2.15. The highest BCUT2D eigenvalue weighted by atomic mass is 14.0. The SMILES string of the molecule is C=C(C)/C=C(\C)c1ccccc1.C=C(C)/C=C(\C)c1ccccc1.CCC.CCC. The molecule has 0 saturated carbocycles. The lowest BCUT2D eigenvalue weighted by Gasteiger charge is -1.99. The number of rotatable bonds is 4. The van der Waals surface area contributed by atoms with Gasteiger partial charge in [-0.2, -0.15) is 0 Å².